The Morgan fingerprint density at radius 3 is 2.54 bits per heavy atom. The largest absolute Gasteiger partial charge is 0.510 e. The molecule has 0 fully saturated rings. The van der Waals surface area contributed by atoms with Crippen molar-refractivity contribution >= 4 is 45.9 Å². The number of para-hydroxylation sites is 2. The first-order valence-corrected chi connectivity index (χ1v) is 9.42. The normalized spacial score (nSPS) is 11.8. The standard InChI is InChI=1S/C20H19N3O4S/c1-12(24)21-13-7-9-14(10-8-13)28-11-17(25)18(20(26)27-2)19-22-15-5-3-4-6-16(15)23-19/h3-10,25H,11H2,1-2H3,(H,21,24)(H,22,23)/b18-17+. The van der Waals surface area contributed by atoms with Crippen molar-refractivity contribution in [1.29, 1.82) is 0 Å². The number of esters is 1. The SMILES string of the molecule is COC(=O)/C(=C(/O)CSc1ccc(NC(C)=O)cc1)c1nc2ccccc2[nH]1. The number of H-pyrrole nitrogens is 1. The molecule has 2 aromatic carbocycles. The maximum atomic E-state index is 12.2. The van der Waals surface area contributed by atoms with E-state index < -0.39 is 5.97 Å². The first-order chi connectivity index (χ1) is 13.5. The molecule has 3 aromatic rings. The molecule has 1 amide bonds. The number of hydrogen-bond donors (Lipinski definition) is 3. The summed E-state index contributed by atoms with van der Waals surface area (Å²) in [5, 5.41) is 13.3. The Bertz CT molecular complexity index is 1010. The summed E-state index contributed by atoms with van der Waals surface area (Å²) >= 11 is 1.34. The van der Waals surface area contributed by atoms with Crippen LogP contribution in [-0.4, -0.2) is 39.8 Å². The molecule has 3 N–H and O–H groups in total. The van der Waals surface area contributed by atoms with Crippen LogP contribution in [0, 0.1) is 0 Å². The van der Waals surface area contributed by atoms with E-state index >= 15 is 0 Å². The van der Waals surface area contributed by atoms with Crippen LogP contribution in [0.1, 0.15) is 12.7 Å². The van der Waals surface area contributed by atoms with Gasteiger partial charge in [-0.05, 0) is 36.4 Å². The van der Waals surface area contributed by atoms with E-state index in [1.807, 2.05) is 36.4 Å². The van der Waals surface area contributed by atoms with E-state index in [1.165, 1.54) is 25.8 Å². The average molecular weight is 397 g/mol. The molecule has 0 unspecified atom stereocenters. The van der Waals surface area contributed by atoms with Gasteiger partial charge in [0.2, 0.25) is 5.91 Å². The number of aromatic nitrogens is 2. The second-order valence-corrected chi connectivity index (χ2v) is 6.96. The minimum atomic E-state index is -0.668. The van der Waals surface area contributed by atoms with E-state index in [2.05, 4.69) is 15.3 Å². The molecule has 144 valence electrons. The van der Waals surface area contributed by atoms with Gasteiger partial charge in [0.25, 0.3) is 0 Å². The minimum Gasteiger partial charge on any atom is -0.510 e. The summed E-state index contributed by atoms with van der Waals surface area (Å²) in [5.74, 6) is -0.539. The van der Waals surface area contributed by atoms with Gasteiger partial charge in [0.1, 0.15) is 17.2 Å². The van der Waals surface area contributed by atoms with Gasteiger partial charge >= 0.3 is 5.97 Å². The summed E-state index contributed by atoms with van der Waals surface area (Å²) in [6.07, 6.45) is 0. The number of hydrogen-bond acceptors (Lipinski definition) is 6. The molecule has 1 aromatic heterocycles. The summed E-state index contributed by atoms with van der Waals surface area (Å²) < 4.78 is 4.82. The van der Waals surface area contributed by atoms with Crippen LogP contribution >= 0.6 is 11.8 Å². The van der Waals surface area contributed by atoms with Crippen molar-refractivity contribution in [2.24, 2.45) is 0 Å². The fraction of sp³-hybridized carbons (Fsp3) is 0.150. The predicted octanol–water partition coefficient (Wildman–Crippen LogP) is 3.76. The topological polar surface area (TPSA) is 104 Å². The highest BCUT2D eigenvalue weighted by atomic mass is 32.2. The molecule has 0 aliphatic rings. The summed E-state index contributed by atoms with van der Waals surface area (Å²) in [6, 6.07) is 14.5. The van der Waals surface area contributed by atoms with E-state index in [0.29, 0.717) is 11.2 Å². The van der Waals surface area contributed by atoms with Crippen molar-refractivity contribution in [3.63, 3.8) is 0 Å². The molecule has 0 bridgehead atoms. The minimum absolute atomic E-state index is 0.000987. The van der Waals surface area contributed by atoms with Gasteiger partial charge in [-0.2, -0.15) is 0 Å². The van der Waals surface area contributed by atoms with E-state index in [0.717, 1.165) is 10.4 Å². The number of rotatable bonds is 6. The number of anilines is 1. The predicted molar refractivity (Wildman–Crippen MR) is 109 cm³/mol. The van der Waals surface area contributed by atoms with Crippen LogP contribution in [0.2, 0.25) is 0 Å². The first kappa shape index (κ1) is 19.5. The zero-order valence-corrected chi connectivity index (χ0v) is 16.2. The number of carbonyl (C=O) groups excluding carboxylic acids is 2. The second-order valence-electron chi connectivity index (χ2n) is 5.91. The maximum absolute atomic E-state index is 12.2. The highest BCUT2D eigenvalue weighted by molar-refractivity contribution is 7.99. The van der Waals surface area contributed by atoms with Crippen LogP contribution in [0.25, 0.3) is 16.6 Å². The summed E-state index contributed by atoms with van der Waals surface area (Å²) in [5.41, 5.74) is 2.14. The second kappa shape index (κ2) is 8.62. The summed E-state index contributed by atoms with van der Waals surface area (Å²) in [7, 11) is 1.26. The first-order valence-electron chi connectivity index (χ1n) is 8.44. The third-order valence-corrected chi connectivity index (χ3v) is 4.88. The van der Waals surface area contributed by atoms with E-state index in [-0.39, 0.29) is 28.8 Å². The Balaban J connectivity index is 1.82. The van der Waals surface area contributed by atoms with Gasteiger partial charge in [-0.1, -0.05) is 12.1 Å². The lowest BCUT2D eigenvalue weighted by Gasteiger charge is -2.08. The summed E-state index contributed by atoms with van der Waals surface area (Å²) in [6.45, 7) is 1.44. The fourth-order valence-corrected chi connectivity index (χ4v) is 3.36. The van der Waals surface area contributed by atoms with Crippen LogP contribution in [0.15, 0.2) is 59.2 Å². The van der Waals surface area contributed by atoms with Gasteiger partial charge in [0.15, 0.2) is 0 Å². The van der Waals surface area contributed by atoms with Crippen molar-refractivity contribution in [1.82, 2.24) is 9.97 Å². The molecule has 28 heavy (non-hydrogen) atoms. The van der Waals surface area contributed by atoms with Crippen LogP contribution in [0.4, 0.5) is 5.69 Å². The van der Waals surface area contributed by atoms with Gasteiger partial charge in [-0.15, -0.1) is 11.8 Å². The number of fused-ring (bicyclic) bond motifs is 1. The number of thioether (sulfide) groups is 1. The lowest BCUT2D eigenvalue weighted by atomic mass is 10.2. The van der Waals surface area contributed by atoms with Crippen LogP contribution in [-0.2, 0) is 14.3 Å². The quantitative estimate of drug-likeness (QED) is 0.253. The molecule has 0 aliphatic carbocycles. The van der Waals surface area contributed by atoms with Crippen molar-refractivity contribution in [3.05, 3.63) is 60.1 Å². The molecule has 1 heterocycles. The van der Waals surface area contributed by atoms with Crippen molar-refractivity contribution in [2.45, 2.75) is 11.8 Å². The molecule has 7 nitrogen and oxygen atoms in total. The molecule has 0 atom stereocenters. The smallest absolute Gasteiger partial charge is 0.345 e. The number of aliphatic hydroxyl groups excluding tert-OH is 1. The molecule has 3 rings (SSSR count). The average Bonchev–Trinajstić information content (AvgIpc) is 3.10. The van der Waals surface area contributed by atoms with Gasteiger partial charge in [0, 0.05) is 17.5 Å². The Labute approximate surface area is 165 Å². The third kappa shape index (κ3) is 4.52. The number of nitrogens with zero attached hydrogens (tertiary/aromatic N) is 1. The zero-order chi connectivity index (χ0) is 20.1. The van der Waals surface area contributed by atoms with Crippen LogP contribution < -0.4 is 5.32 Å². The third-order valence-electron chi connectivity index (χ3n) is 3.85. The van der Waals surface area contributed by atoms with E-state index in [9.17, 15) is 14.7 Å². The molecule has 0 spiro atoms. The number of aromatic amines is 1. The number of ether oxygens (including phenoxy) is 1. The number of methoxy groups -OCH3 is 1. The Morgan fingerprint density at radius 2 is 1.89 bits per heavy atom. The fourth-order valence-electron chi connectivity index (χ4n) is 2.59. The molecule has 0 radical (unpaired) electrons. The van der Waals surface area contributed by atoms with Gasteiger partial charge < -0.3 is 20.1 Å². The van der Waals surface area contributed by atoms with Crippen molar-refractivity contribution in [3.8, 4) is 0 Å². The Morgan fingerprint density at radius 1 is 1.18 bits per heavy atom. The highest BCUT2D eigenvalue weighted by Crippen LogP contribution is 2.26. The number of imidazole rings is 1. The van der Waals surface area contributed by atoms with E-state index in [1.54, 1.807) is 12.1 Å². The lowest BCUT2D eigenvalue weighted by Crippen LogP contribution is -2.09. The molecule has 0 saturated heterocycles. The van der Waals surface area contributed by atoms with Crippen LogP contribution in [0.3, 0.4) is 0 Å². The number of nitrogens with one attached hydrogen (secondary N) is 2. The molecule has 8 heteroatoms. The Hall–Kier alpha value is -3.26. The number of benzene rings is 2. The van der Waals surface area contributed by atoms with Gasteiger partial charge in [-0.25, -0.2) is 9.78 Å². The van der Waals surface area contributed by atoms with Crippen molar-refractivity contribution in [2.75, 3.05) is 18.2 Å². The molecular weight excluding hydrogens is 378 g/mol. The monoisotopic (exact) mass is 397 g/mol. The van der Waals surface area contributed by atoms with Gasteiger partial charge in [0.05, 0.1) is 23.9 Å². The maximum Gasteiger partial charge on any atom is 0.345 e. The molecule has 0 saturated carbocycles. The van der Waals surface area contributed by atoms with Crippen molar-refractivity contribution < 1.29 is 19.4 Å². The number of aliphatic hydroxyl groups is 1. The highest BCUT2D eigenvalue weighted by Gasteiger charge is 2.22. The zero-order valence-electron chi connectivity index (χ0n) is 15.4. The van der Waals surface area contributed by atoms with Crippen LogP contribution in [0.5, 0.6) is 0 Å². The van der Waals surface area contributed by atoms with Gasteiger partial charge in [-0.3, -0.25) is 4.79 Å². The molecule has 0 aliphatic heterocycles. The molecular formula is C20H19N3O4S. The van der Waals surface area contributed by atoms with E-state index in [4.69, 9.17) is 4.74 Å². The number of carbonyl (C=O) groups is 2. The Kier molecular flexibility index (Phi) is 6.00. The summed E-state index contributed by atoms with van der Waals surface area (Å²) in [4.78, 5) is 31.6. The number of amides is 1. The lowest BCUT2D eigenvalue weighted by molar-refractivity contribution is -0.133.